The molecule has 0 amide bonds. The Labute approximate surface area is 98.7 Å². The predicted molar refractivity (Wildman–Crippen MR) is 64.3 cm³/mol. The lowest BCUT2D eigenvalue weighted by Crippen LogP contribution is -2.28. The maximum Gasteiger partial charge on any atom is 0.132 e. The van der Waals surface area contributed by atoms with Crippen molar-refractivity contribution in [3.8, 4) is 0 Å². The van der Waals surface area contributed by atoms with Crippen LogP contribution in [0.25, 0.3) is 0 Å². The van der Waals surface area contributed by atoms with Crippen molar-refractivity contribution in [2.45, 2.75) is 64.4 Å². The molecule has 0 aliphatic heterocycles. The van der Waals surface area contributed by atoms with Gasteiger partial charge in [0.2, 0.25) is 0 Å². The van der Waals surface area contributed by atoms with Crippen molar-refractivity contribution in [2.24, 2.45) is 11.8 Å². The van der Waals surface area contributed by atoms with Gasteiger partial charge in [-0.3, -0.25) is 4.79 Å². The molecule has 2 aliphatic carbocycles. The maximum absolute atomic E-state index is 11.2. The first-order chi connectivity index (χ1) is 7.79. The minimum atomic E-state index is 0.485. The van der Waals surface area contributed by atoms with Crippen LogP contribution >= 0.6 is 0 Å². The Kier molecular flexibility index (Phi) is 4.39. The highest BCUT2D eigenvalue weighted by atomic mass is 16.5. The number of rotatable bonds is 3. The Morgan fingerprint density at radius 2 is 1.56 bits per heavy atom. The fourth-order valence-electron chi connectivity index (χ4n) is 3.40. The number of ketones is 1. The third-order valence-electron chi connectivity index (χ3n) is 4.38. The van der Waals surface area contributed by atoms with Crippen LogP contribution < -0.4 is 0 Å². The summed E-state index contributed by atoms with van der Waals surface area (Å²) in [6.07, 6.45) is 9.64. The molecular formula is C14H24O2. The summed E-state index contributed by atoms with van der Waals surface area (Å²) in [7, 11) is 0. The van der Waals surface area contributed by atoms with E-state index < -0.39 is 0 Å². The molecule has 0 aromatic rings. The minimum absolute atomic E-state index is 0.485. The number of ether oxygens (including phenoxy) is 1. The largest absolute Gasteiger partial charge is 0.379 e. The normalized spacial score (nSPS) is 32.9. The average Bonchev–Trinajstić information content (AvgIpc) is 2.32. The highest BCUT2D eigenvalue weighted by Crippen LogP contribution is 2.38. The van der Waals surface area contributed by atoms with E-state index in [4.69, 9.17) is 4.74 Å². The lowest BCUT2D eigenvalue weighted by Gasteiger charge is -2.35. The SMILES string of the molecule is CCO[C@H]1CC[C@H](C2CCC(=O)CC2)CC1. The Morgan fingerprint density at radius 3 is 2.12 bits per heavy atom. The Morgan fingerprint density at radius 1 is 1.00 bits per heavy atom. The van der Waals surface area contributed by atoms with Crippen LogP contribution in [0.15, 0.2) is 0 Å². The van der Waals surface area contributed by atoms with Gasteiger partial charge in [0.15, 0.2) is 0 Å². The van der Waals surface area contributed by atoms with Crippen LogP contribution in [0.5, 0.6) is 0 Å². The minimum Gasteiger partial charge on any atom is -0.379 e. The van der Waals surface area contributed by atoms with E-state index in [-0.39, 0.29) is 0 Å². The summed E-state index contributed by atoms with van der Waals surface area (Å²) in [5.41, 5.74) is 0. The van der Waals surface area contributed by atoms with Gasteiger partial charge in [0.1, 0.15) is 5.78 Å². The van der Waals surface area contributed by atoms with E-state index in [1.54, 1.807) is 0 Å². The zero-order chi connectivity index (χ0) is 11.4. The van der Waals surface area contributed by atoms with Gasteiger partial charge in [0, 0.05) is 19.4 Å². The summed E-state index contributed by atoms with van der Waals surface area (Å²) < 4.78 is 5.68. The van der Waals surface area contributed by atoms with Gasteiger partial charge in [-0.2, -0.15) is 0 Å². The monoisotopic (exact) mass is 224 g/mol. The first kappa shape index (κ1) is 12.1. The van der Waals surface area contributed by atoms with Gasteiger partial charge >= 0.3 is 0 Å². The van der Waals surface area contributed by atoms with Gasteiger partial charge in [0.05, 0.1) is 6.10 Å². The van der Waals surface area contributed by atoms with E-state index in [1.807, 2.05) is 0 Å². The van der Waals surface area contributed by atoms with Gasteiger partial charge in [0.25, 0.3) is 0 Å². The van der Waals surface area contributed by atoms with Gasteiger partial charge in [-0.05, 0) is 57.3 Å². The summed E-state index contributed by atoms with van der Waals surface area (Å²) in [6.45, 7) is 2.94. The van der Waals surface area contributed by atoms with E-state index in [2.05, 4.69) is 6.92 Å². The van der Waals surface area contributed by atoms with E-state index in [1.165, 1.54) is 25.7 Å². The van der Waals surface area contributed by atoms with Crippen LogP contribution in [-0.4, -0.2) is 18.5 Å². The Bertz CT molecular complexity index is 219. The molecule has 0 radical (unpaired) electrons. The second-order valence-electron chi connectivity index (χ2n) is 5.37. The quantitative estimate of drug-likeness (QED) is 0.735. The van der Waals surface area contributed by atoms with Gasteiger partial charge in [-0.25, -0.2) is 0 Å². The fourth-order valence-corrected chi connectivity index (χ4v) is 3.40. The molecule has 0 bridgehead atoms. The molecule has 0 saturated heterocycles. The molecule has 2 nitrogen and oxygen atoms in total. The summed E-state index contributed by atoms with van der Waals surface area (Å²) in [5.74, 6) is 2.20. The van der Waals surface area contributed by atoms with Crippen molar-refractivity contribution < 1.29 is 9.53 Å². The van der Waals surface area contributed by atoms with Gasteiger partial charge in [-0.15, -0.1) is 0 Å². The van der Waals surface area contributed by atoms with E-state index >= 15 is 0 Å². The molecule has 0 spiro atoms. The number of hydrogen-bond acceptors (Lipinski definition) is 2. The van der Waals surface area contributed by atoms with E-state index in [9.17, 15) is 4.79 Å². The summed E-state index contributed by atoms with van der Waals surface area (Å²) in [6, 6.07) is 0. The molecule has 92 valence electrons. The second-order valence-corrected chi connectivity index (χ2v) is 5.37. The molecule has 0 aromatic heterocycles. The molecule has 16 heavy (non-hydrogen) atoms. The molecule has 0 heterocycles. The highest BCUT2D eigenvalue weighted by Gasteiger charge is 2.30. The lowest BCUT2D eigenvalue weighted by atomic mass is 9.72. The topological polar surface area (TPSA) is 26.3 Å². The lowest BCUT2D eigenvalue weighted by molar-refractivity contribution is -0.121. The van der Waals surface area contributed by atoms with E-state index in [0.717, 1.165) is 44.1 Å². The second kappa shape index (κ2) is 5.81. The van der Waals surface area contributed by atoms with Crippen LogP contribution in [0.4, 0.5) is 0 Å². The predicted octanol–water partition coefficient (Wildman–Crippen LogP) is 3.34. The van der Waals surface area contributed by atoms with E-state index in [0.29, 0.717) is 11.9 Å². The molecule has 0 atom stereocenters. The number of Topliss-reactive ketones (excluding diaryl/α,β-unsaturated/α-hetero) is 1. The fraction of sp³-hybridized carbons (Fsp3) is 0.929. The summed E-state index contributed by atoms with van der Waals surface area (Å²) in [4.78, 5) is 11.2. The first-order valence-corrected chi connectivity index (χ1v) is 6.93. The molecular weight excluding hydrogens is 200 g/mol. The van der Waals surface area contributed by atoms with Gasteiger partial charge in [-0.1, -0.05) is 0 Å². The molecule has 2 heteroatoms. The van der Waals surface area contributed by atoms with Crippen LogP contribution in [-0.2, 0) is 9.53 Å². The zero-order valence-corrected chi connectivity index (χ0v) is 10.4. The van der Waals surface area contributed by atoms with Crippen molar-refractivity contribution in [3.05, 3.63) is 0 Å². The van der Waals surface area contributed by atoms with Crippen molar-refractivity contribution >= 4 is 5.78 Å². The van der Waals surface area contributed by atoms with Crippen molar-refractivity contribution in [1.82, 2.24) is 0 Å². The van der Waals surface area contributed by atoms with Crippen LogP contribution in [0.1, 0.15) is 58.3 Å². The number of hydrogen-bond donors (Lipinski definition) is 0. The maximum atomic E-state index is 11.2. The van der Waals surface area contributed by atoms with Crippen LogP contribution in [0.3, 0.4) is 0 Å². The molecule has 0 aromatic carbocycles. The Hall–Kier alpha value is -0.370. The molecule has 2 aliphatic rings. The Balaban J connectivity index is 1.74. The third-order valence-corrected chi connectivity index (χ3v) is 4.38. The van der Waals surface area contributed by atoms with Crippen LogP contribution in [0.2, 0.25) is 0 Å². The molecule has 2 fully saturated rings. The molecule has 0 unspecified atom stereocenters. The van der Waals surface area contributed by atoms with Crippen LogP contribution in [0, 0.1) is 11.8 Å². The van der Waals surface area contributed by atoms with Gasteiger partial charge < -0.3 is 4.74 Å². The van der Waals surface area contributed by atoms with Crippen molar-refractivity contribution in [3.63, 3.8) is 0 Å². The summed E-state index contributed by atoms with van der Waals surface area (Å²) in [5, 5.41) is 0. The third kappa shape index (κ3) is 3.07. The summed E-state index contributed by atoms with van der Waals surface area (Å²) >= 11 is 0. The zero-order valence-electron chi connectivity index (χ0n) is 10.4. The average molecular weight is 224 g/mol. The van der Waals surface area contributed by atoms with Crippen molar-refractivity contribution in [2.75, 3.05) is 6.61 Å². The standard InChI is InChI=1S/C14H24O2/c1-2-16-14-9-5-12(6-10-14)11-3-7-13(15)8-4-11/h11-12,14H,2-10H2,1H3/t12-,14-. The number of carbonyl (C=O) groups excluding carboxylic acids is 1. The number of carbonyl (C=O) groups is 1. The molecule has 2 saturated carbocycles. The highest BCUT2D eigenvalue weighted by molar-refractivity contribution is 5.79. The molecule has 0 N–H and O–H groups in total. The smallest absolute Gasteiger partial charge is 0.132 e. The first-order valence-electron chi connectivity index (χ1n) is 6.93. The van der Waals surface area contributed by atoms with Crippen molar-refractivity contribution in [1.29, 1.82) is 0 Å². The molecule has 2 rings (SSSR count).